The minimum Gasteiger partial charge on any atom is -0.396 e. The molecule has 1 N–H and O–H groups in total. The molecule has 0 aromatic carbocycles. The van der Waals surface area contributed by atoms with E-state index >= 15 is 0 Å². The number of ether oxygens (including phenoxy) is 1. The highest BCUT2D eigenvalue weighted by molar-refractivity contribution is 5.08. The number of nitrogens with zero attached hydrogens (tertiary/aromatic N) is 2. The molecule has 0 radical (unpaired) electrons. The van der Waals surface area contributed by atoms with Crippen LogP contribution >= 0.6 is 0 Å². The van der Waals surface area contributed by atoms with Gasteiger partial charge in [0.25, 0.3) is 0 Å². The Hall–Kier alpha value is -0.870. The average molecular weight is 250 g/mol. The van der Waals surface area contributed by atoms with E-state index in [4.69, 9.17) is 9.72 Å². The number of rotatable bonds is 3. The van der Waals surface area contributed by atoms with Crippen LogP contribution in [0.4, 0.5) is 0 Å². The van der Waals surface area contributed by atoms with Crippen LogP contribution in [-0.2, 0) is 24.1 Å². The molecule has 18 heavy (non-hydrogen) atoms. The Balaban J connectivity index is 1.65. The number of aliphatic hydroxyl groups is 1. The van der Waals surface area contributed by atoms with Crippen molar-refractivity contribution in [3.63, 3.8) is 0 Å². The molecule has 1 aromatic heterocycles. The molecule has 0 bridgehead atoms. The lowest BCUT2D eigenvalue weighted by molar-refractivity contribution is 0.0163. The SMILES string of the molecule is OCC1CCc2nc(CC3CCCCO3)cn2C1. The van der Waals surface area contributed by atoms with E-state index in [0.717, 1.165) is 38.1 Å². The van der Waals surface area contributed by atoms with Crippen molar-refractivity contribution in [3.8, 4) is 0 Å². The van der Waals surface area contributed by atoms with Crippen LogP contribution in [0, 0.1) is 5.92 Å². The molecule has 2 aliphatic heterocycles. The summed E-state index contributed by atoms with van der Waals surface area (Å²) < 4.78 is 7.99. The van der Waals surface area contributed by atoms with Crippen molar-refractivity contribution in [2.75, 3.05) is 13.2 Å². The number of hydrogen-bond donors (Lipinski definition) is 1. The molecule has 4 heteroatoms. The topological polar surface area (TPSA) is 47.3 Å². The van der Waals surface area contributed by atoms with Crippen molar-refractivity contribution >= 4 is 0 Å². The van der Waals surface area contributed by atoms with Gasteiger partial charge < -0.3 is 14.4 Å². The van der Waals surface area contributed by atoms with Crippen molar-refractivity contribution in [3.05, 3.63) is 17.7 Å². The minimum absolute atomic E-state index is 0.290. The first-order valence-electron chi connectivity index (χ1n) is 7.12. The minimum atomic E-state index is 0.290. The summed E-state index contributed by atoms with van der Waals surface area (Å²) in [7, 11) is 0. The third-order valence-electron chi connectivity index (χ3n) is 4.11. The predicted octanol–water partition coefficient (Wildman–Crippen LogP) is 1.55. The summed E-state index contributed by atoms with van der Waals surface area (Å²) in [5.41, 5.74) is 1.16. The molecule has 2 unspecified atom stereocenters. The normalized spacial score (nSPS) is 28.1. The molecule has 0 saturated carbocycles. The Bertz CT molecular complexity index is 396. The molecule has 3 rings (SSSR count). The lowest BCUT2D eigenvalue weighted by atomic mass is 10.0. The first-order valence-corrected chi connectivity index (χ1v) is 7.12. The molecular formula is C14H22N2O2. The van der Waals surface area contributed by atoms with Crippen LogP contribution in [0.3, 0.4) is 0 Å². The number of aromatic nitrogens is 2. The van der Waals surface area contributed by atoms with Crippen molar-refractivity contribution in [1.29, 1.82) is 0 Å². The van der Waals surface area contributed by atoms with Gasteiger partial charge in [-0.2, -0.15) is 0 Å². The Morgan fingerprint density at radius 1 is 1.39 bits per heavy atom. The molecule has 100 valence electrons. The van der Waals surface area contributed by atoms with Crippen LogP contribution in [0.5, 0.6) is 0 Å². The quantitative estimate of drug-likeness (QED) is 0.885. The van der Waals surface area contributed by atoms with E-state index in [1.807, 2.05) is 0 Å². The summed E-state index contributed by atoms with van der Waals surface area (Å²) in [6, 6.07) is 0. The van der Waals surface area contributed by atoms with Gasteiger partial charge in [-0.25, -0.2) is 4.98 Å². The molecule has 0 spiro atoms. The highest BCUT2D eigenvalue weighted by Crippen LogP contribution is 2.22. The molecule has 1 aromatic rings. The van der Waals surface area contributed by atoms with Crippen LogP contribution in [0.2, 0.25) is 0 Å². The van der Waals surface area contributed by atoms with Crippen molar-refractivity contribution in [2.45, 2.75) is 51.2 Å². The highest BCUT2D eigenvalue weighted by Gasteiger charge is 2.21. The van der Waals surface area contributed by atoms with Crippen molar-refractivity contribution in [2.24, 2.45) is 5.92 Å². The van der Waals surface area contributed by atoms with Crippen LogP contribution in [0.1, 0.15) is 37.2 Å². The van der Waals surface area contributed by atoms with E-state index < -0.39 is 0 Å². The summed E-state index contributed by atoms with van der Waals surface area (Å²) in [6.07, 6.45) is 9.19. The Morgan fingerprint density at radius 3 is 3.11 bits per heavy atom. The molecule has 2 aliphatic rings. The van der Waals surface area contributed by atoms with E-state index in [1.54, 1.807) is 0 Å². The van der Waals surface area contributed by atoms with Gasteiger partial charge >= 0.3 is 0 Å². The molecule has 3 heterocycles. The van der Waals surface area contributed by atoms with E-state index in [-0.39, 0.29) is 0 Å². The Kier molecular flexibility index (Phi) is 3.66. The van der Waals surface area contributed by atoms with Crippen LogP contribution in [-0.4, -0.2) is 34.0 Å². The van der Waals surface area contributed by atoms with Gasteiger partial charge in [-0.1, -0.05) is 0 Å². The number of hydrogen-bond acceptors (Lipinski definition) is 3. The molecule has 1 saturated heterocycles. The number of aliphatic hydroxyl groups excluding tert-OH is 1. The van der Waals surface area contributed by atoms with Crippen LogP contribution in [0.15, 0.2) is 6.20 Å². The molecule has 0 aliphatic carbocycles. The maximum atomic E-state index is 9.23. The monoisotopic (exact) mass is 250 g/mol. The molecule has 0 amide bonds. The second-order valence-corrected chi connectivity index (χ2v) is 5.58. The third kappa shape index (κ3) is 2.59. The largest absolute Gasteiger partial charge is 0.396 e. The van der Waals surface area contributed by atoms with Gasteiger partial charge in [0, 0.05) is 44.7 Å². The van der Waals surface area contributed by atoms with Gasteiger partial charge in [-0.3, -0.25) is 0 Å². The highest BCUT2D eigenvalue weighted by atomic mass is 16.5. The molecule has 4 nitrogen and oxygen atoms in total. The van der Waals surface area contributed by atoms with Crippen molar-refractivity contribution < 1.29 is 9.84 Å². The molecule has 1 fully saturated rings. The predicted molar refractivity (Wildman–Crippen MR) is 68.4 cm³/mol. The van der Waals surface area contributed by atoms with Crippen LogP contribution < -0.4 is 0 Å². The van der Waals surface area contributed by atoms with Gasteiger partial charge in [0.15, 0.2) is 0 Å². The van der Waals surface area contributed by atoms with E-state index in [2.05, 4.69) is 10.8 Å². The van der Waals surface area contributed by atoms with Gasteiger partial charge in [0.1, 0.15) is 5.82 Å². The summed E-state index contributed by atoms with van der Waals surface area (Å²) >= 11 is 0. The fraction of sp³-hybridized carbons (Fsp3) is 0.786. The first kappa shape index (κ1) is 12.2. The lowest BCUT2D eigenvalue weighted by Gasteiger charge is -2.21. The van der Waals surface area contributed by atoms with Gasteiger partial charge in [0.05, 0.1) is 11.8 Å². The summed E-state index contributed by atoms with van der Waals surface area (Å²) in [5, 5.41) is 9.23. The zero-order chi connectivity index (χ0) is 12.4. The Morgan fingerprint density at radius 2 is 2.33 bits per heavy atom. The van der Waals surface area contributed by atoms with Gasteiger partial charge in [-0.15, -0.1) is 0 Å². The van der Waals surface area contributed by atoms with E-state index in [0.29, 0.717) is 18.6 Å². The fourth-order valence-corrected chi connectivity index (χ4v) is 3.02. The zero-order valence-corrected chi connectivity index (χ0v) is 10.8. The number of fused-ring (bicyclic) bond motifs is 1. The van der Waals surface area contributed by atoms with Crippen LogP contribution in [0.25, 0.3) is 0 Å². The fourth-order valence-electron chi connectivity index (χ4n) is 3.02. The standard InChI is InChI=1S/C14H22N2O2/c17-10-11-4-5-14-15-12(9-16(14)8-11)7-13-3-1-2-6-18-13/h9,11,13,17H,1-8,10H2. The number of imidazole rings is 1. The van der Waals surface area contributed by atoms with E-state index in [9.17, 15) is 5.11 Å². The summed E-state index contributed by atoms with van der Waals surface area (Å²) in [5.74, 6) is 1.59. The smallest absolute Gasteiger partial charge is 0.108 e. The average Bonchev–Trinajstić information content (AvgIpc) is 2.80. The first-order chi connectivity index (χ1) is 8.85. The summed E-state index contributed by atoms with van der Waals surface area (Å²) in [4.78, 5) is 4.71. The van der Waals surface area contributed by atoms with Gasteiger partial charge in [-0.05, 0) is 25.7 Å². The second-order valence-electron chi connectivity index (χ2n) is 5.58. The number of aryl methyl sites for hydroxylation is 1. The maximum Gasteiger partial charge on any atom is 0.108 e. The van der Waals surface area contributed by atoms with Gasteiger partial charge in [0.2, 0.25) is 0 Å². The molecule has 2 atom stereocenters. The Labute approximate surface area is 108 Å². The van der Waals surface area contributed by atoms with Crippen molar-refractivity contribution in [1.82, 2.24) is 9.55 Å². The second kappa shape index (κ2) is 5.41. The zero-order valence-electron chi connectivity index (χ0n) is 10.8. The molecular weight excluding hydrogens is 228 g/mol. The lowest BCUT2D eigenvalue weighted by Crippen LogP contribution is -2.22. The van der Waals surface area contributed by atoms with E-state index in [1.165, 1.54) is 25.1 Å². The summed E-state index contributed by atoms with van der Waals surface area (Å²) in [6.45, 7) is 2.12. The third-order valence-corrected chi connectivity index (χ3v) is 4.11. The maximum absolute atomic E-state index is 9.23.